The maximum atomic E-state index is 3.58. The molecule has 0 saturated carbocycles. The third-order valence-corrected chi connectivity index (χ3v) is 3.87. The average Bonchev–Trinajstić information content (AvgIpc) is 2.91. The molecule has 3 heteroatoms. The van der Waals surface area contributed by atoms with E-state index in [0.717, 1.165) is 6.54 Å². The van der Waals surface area contributed by atoms with E-state index in [4.69, 9.17) is 0 Å². The van der Waals surface area contributed by atoms with Crippen LogP contribution in [0.4, 0.5) is 17.1 Å². The Morgan fingerprint density at radius 3 is 2.82 bits per heavy atom. The molecular formula is C14H21N3. The van der Waals surface area contributed by atoms with E-state index in [9.17, 15) is 0 Å². The fourth-order valence-corrected chi connectivity index (χ4v) is 2.73. The molecule has 2 N–H and O–H groups in total. The smallest absolute Gasteiger partial charge is 0.0597 e. The lowest BCUT2D eigenvalue weighted by Crippen LogP contribution is -2.32. The van der Waals surface area contributed by atoms with E-state index in [2.05, 4.69) is 40.7 Å². The molecular weight excluding hydrogens is 210 g/mol. The van der Waals surface area contributed by atoms with E-state index < -0.39 is 0 Å². The first kappa shape index (κ1) is 10.8. The Labute approximate surface area is 103 Å². The lowest BCUT2D eigenvalue weighted by atomic mass is 10.1. The van der Waals surface area contributed by atoms with Gasteiger partial charge in [0.1, 0.15) is 0 Å². The van der Waals surface area contributed by atoms with Crippen molar-refractivity contribution < 1.29 is 0 Å². The van der Waals surface area contributed by atoms with E-state index in [0.29, 0.717) is 6.04 Å². The van der Waals surface area contributed by atoms with Crippen LogP contribution in [0.25, 0.3) is 0 Å². The molecule has 0 amide bonds. The standard InChI is InChI=1S/C14H21N3/c1-2-11-10-15-14-9-12(5-6-13(14)16-11)17-7-3-4-8-17/h5-6,9,11,15-16H,2-4,7-8,10H2,1H3. The summed E-state index contributed by atoms with van der Waals surface area (Å²) in [5.41, 5.74) is 3.88. The van der Waals surface area contributed by atoms with Crippen molar-refractivity contribution in [2.75, 3.05) is 35.2 Å². The lowest BCUT2D eigenvalue weighted by Gasteiger charge is -2.29. The zero-order valence-corrected chi connectivity index (χ0v) is 10.5. The van der Waals surface area contributed by atoms with Gasteiger partial charge in [0.05, 0.1) is 11.4 Å². The molecule has 2 heterocycles. The maximum Gasteiger partial charge on any atom is 0.0597 e. The first-order chi connectivity index (χ1) is 8.36. The predicted octanol–water partition coefficient (Wildman–Crippen LogP) is 2.90. The summed E-state index contributed by atoms with van der Waals surface area (Å²) in [6.45, 7) is 5.68. The molecule has 0 bridgehead atoms. The van der Waals surface area contributed by atoms with Crippen molar-refractivity contribution in [3.8, 4) is 0 Å². The van der Waals surface area contributed by atoms with Crippen LogP contribution in [-0.2, 0) is 0 Å². The van der Waals surface area contributed by atoms with Crippen molar-refractivity contribution in [3.05, 3.63) is 18.2 Å². The van der Waals surface area contributed by atoms with Gasteiger partial charge in [-0.05, 0) is 37.5 Å². The molecule has 1 aromatic carbocycles. The van der Waals surface area contributed by atoms with Gasteiger partial charge in [0.25, 0.3) is 0 Å². The van der Waals surface area contributed by atoms with Gasteiger partial charge < -0.3 is 15.5 Å². The van der Waals surface area contributed by atoms with Crippen molar-refractivity contribution in [1.29, 1.82) is 0 Å². The minimum atomic E-state index is 0.570. The molecule has 3 nitrogen and oxygen atoms in total. The van der Waals surface area contributed by atoms with E-state index in [1.165, 1.54) is 49.4 Å². The van der Waals surface area contributed by atoms with E-state index in [-0.39, 0.29) is 0 Å². The Hall–Kier alpha value is -1.38. The van der Waals surface area contributed by atoms with Crippen LogP contribution in [-0.4, -0.2) is 25.7 Å². The normalized spacial score (nSPS) is 22.9. The number of benzene rings is 1. The van der Waals surface area contributed by atoms with E-state index in [1.54, 1.807) is 0 Å². The Morgan fingerprint density at radius 2 is 2.06 bits per heavy atom. The zero-order valence-electron chi connectivity index (χ0n) is 10.5. The van der Waals surface area contributed by atoms with Gasteiger partial charge in [-0.1, -0.05) is 6.92 Å². The Kier molecular flexibility index (Phi) is 2.83. The number of rotatable bonds is 2. The van der Waals surface area contributed by atoms with Gasteiger partial charge in [0.15, 0.2) is 0 Å². The predicted molar refractivity (Wildman–Crippen MR) is 74.1 cm³/mol. The summed E-state index contributed by atoms with van der Waals surface area (Å²) in [5, 5.41) is 7.12. The minimum Gasteiger partial charge on any atom is -0.381 e. The van der Waals surface area contributed by atoms with Crippen molar-refractivity contribution >= 4 is 17.1 Å². The third-order valence-electron chi connectivity index (χ3n) is 3.87. The van der Waals surface area contributed by atoms with Crippen LogP contribution in [0.2, 0.25) is 0 Å². The highest BCUT2D eigenvalue weighted by atomic mass is 15.1. The Balaban J connectivity index is 1.82. The monoisotopic (exact) mass is 231 g/mol. The largest absolute Gasteiger partial charge is 0.381 e. The summed E-state index contributed by atoms with van der Waals surface area (Å²) < 4.78 is 0. The summed E-state index contributed by atoms with van der Waals surface area (Å²) >= 11 is 0. The van der Waals surface area contributed by atoms with Crippen molar-refractivity contribution in [2.45, 2.75) is 32.2 Å². The Morgan fingerprint density at radius 1 is 1.24 bits per heavy atom. The molecule has 1 atom stereocenters. The van der Waals surface area contributed by atoms with Crippen LogP contribution in [0.3, 0.4) is 0 Å². The van der Waals surface area contributed by atoms with Crippen LogP contribution in [0, 0.1) is 0 Å². The molecule has 2 aliphatic heterocycles. The van der Waals surface area contributed by atoms with Crippen molar-refractivity contribution in [2.24, 2.45) is 0 Å². The van der Waals surface area contributed by atoms with Gasteiger partial charge >= 0.3 is 0 Å². The number of nitrogens with one attached hydrogen (secondary N) is 2. The average molecular weight is 231 g/mol. The number of anilines is 3. The van der Waals surface area contributed by atoms with Crippen molar-refractivity contribution in [3.63, 3.8) is 0 Å². The van der Waals surface area contributed by atoms with Gasteiger partial charge in [-0.15, -0.1) is 0 Å². The minimum absolute atomic E-state index is 0.570. The molecule has 92 valence electrons. The highest BCUT2D eigenvalue weighted by Gasteiger charge is 2.18. The van der Waals surface area contributed by atoms with Crippen LogP contribution in [0.5, 0.6) is 0 Å². The number of fused-ring (bicyclic) bond motifs is 1. The first-order valence-corrected chi connectivity index (χ1v) is 6.76. The molecule has 0 spiro atoms. The summed E-state index contributed by atoms with van der Waals surface area (Å²) in [6, 6.07) is 7.33. The van der Waals surface area contributed by atoms with Gasteiger partial charge in [0.2, 0.25) is 0 Å². The fourth-order valence-electron chi connectivity index (χ4n) is 2.73. The lowest BCUT2D eigenvalue weighted by molar-refractivity contribution is 0.713. The molecule has 0 aliphatic carbocycles. The van der Waals surface area contributed by atoms with Crippen LogP contribution >= 0.6 is 0 Å². The summed E-state index contributed by atoms with van der Waals surface area (Å²) in [6.07, 6.45) is 3.83. The molecule has 3 rings (SSSR count). The number of hydrogen-bond acceptors (Lipinski definition) is 3. The molecule has 2 aliphatic rings. The number of nitrogens with zero attached hydrogens (tertiary/aromatic N) is 1. The molecule has 1 saturated heterocycles. The third kappa shape index (κ3) is 2.06. The quantitative estimate of drug-likeness (QED) is 0.819. The Bertz CT molecular complexity index is 396. The topological polar surface area (TPSA) is 27.3 Å². The molecule has 1 unspecified atom stereocenters. The van der Waals surface area contributed by atoms with E-state index >= 15 is 0 Å². The van der Waals surface area contributed by atoms with Crippen LogP contribution in [0.1, 0.15) is 26.2 Å². The molecule has 1 fully saturated rings. The van der Waals surface area contributed by atoms with Gasteiger partial charge in [0, 0.05) is 31.4 Å². The van der Waals surface area contributed by atoms with Crippen molar-refractivity contribution in [1.82, 2.24) is 0 Å². The van der Waals surface area contributed by atoms with Gasteiger partial charge in [-0.25, -0.2) is 0 Å². The van der Waals surface area contributed by atoms with Gasteiger partial charge in [-0.2, -0.15) is 0 Å². The van der Waals surface area contributed by atoms with Crippen LogP contribution < -0.4 is 15.5 Å². The summed E-state index contributed by atoms with van der Waals surface area (Å²) in [4.78, 5) is 2.48. The first-order valence-electron chi connectivity index (χ1n) is 6.76. The highest BCUT2D eigenvalue weighted by molar-refractivity contribution is 5.76. The molecule has 17 heavy (non-hydrogen) atoms. The molecule has 1 aromatic rings. The van der Waals surface area contributed by atoms with Crippen LogP contribution in [0.15, 0.2) is 18.2 Å². The SMILES string of the molecule is CCC1CNc2cc(N3CCCC3)ccc2N1. The second-order valence-electron chi connectivity index (χ2n) is 5.05. The molecule has 0 aromatic heterocycles. The second kappa shape index (κ2) is 4.47. The van der Waals surface area contributed by atoms with E-state index in [1.807, 2.05) is 0 Å². The molecule has 0 radical (unpaired) electrons. The zero-order chi connectivity index (χ0) is 11.7. The second-order valence-corrected chi connectivity index (χ2v) is 5.05. The maximum absolute atomic E-state index is 3.58. The number of hydrogen-bond donors (Lipinski definition) is 2. The summed E-state index contributed by atoms with van der Waals surface area (Å²) in [7, 11) is 0. The fraction of sp³-hybridized carbons (Fsp3) is 0.571. The summed E-state index contributed by atoms with van der Waals surface area (Å²) in [5.74, 6) is 0. The van der Waals surface area contributed by atoms with Gasteiger partial charge in [-0.3, -0.25) is 0 Å². The highest BCUT2D eigenvalue weighted by Crippen LogP contribution is 2.32.